The van der Waals surface area contributed by atoms with Crippen molar-refractivity contribution >= 4 is 17.8 Å². The van der Waals surface area contributed by atoms with E-state index < -0.39 is 5.97 Å². The van der Waals surface area contributed by atoms with Crippen LogP contribution < -0.4 is 0 Å². The summed E-state index contributed by atoms with van der Waals surface area (Å²) in [4.78, 5) is 19.1. The number of nitrogens with zero attached hydrogens (tertiary/aromatic N) is 2. The molecule has 0 atom stereocenters. The summed E-state index contributed by atoms with van der Waals surface area (Å²) in [6, 6.07) is 3.20. The van der Waals surface area contributed by atoms with Gasteiger partial charge in [-0.2, -0.15) is 0 Å². The summed E-state index contributed by atoms with van der Waals surface area (Å²) in [7, 11) is 0. The van der Waals surface area contributed by atoms with Crippen molar-refractivity contribution < 1.29 is 9.90 Å². The van der Waals surface area contributed by atoms with Crippen LogP contribution in [0.2, 0.25) is 0 Å². The molecule has 1 N–H and O–H groups in total. The summed E-state index contributed by atoms with van der Waals surface area (Å²) in [6.45, 7) is 0.602. The lowest BCUT2D eigenvalue weighted by Gasteiger charge is -2.09. The highest BCUT2D eigenvalue weighted by Crippen LogP contribution is 2.20. The van der Waals surface area contributed by atoms with Crippen LogP contribution in [0.3, 0.4) is 0 Å². The van der Waals surface area contributed by atoms with Gasteiger partial charge >= 0.3 is 5.97 Å². The Bertz CT molecular complexity index is 450. The number of carbonyl (C=O) groups is 1. The lowest BCUT2D eigenvalue weighted by atomic mass is 10.0. The first-order chi connectivity index (χ1) is 7.29. The zero-order valence-electron chi connectivity index (χ0n) is 8.05. The van der Waals surface area contributed by atoms with E-state index in [1.165, 1.54) is 0 Å². The van der Waals surface area contributed by atoms with E-state index in [9.17, 15) is 4.79 Å². The van der Waals surface area contributed by atoms with Gasteiger partial charge in [0.2, 0.25) is 0 Å². The SMILES string of the molecule is O=C(O)c1cccnc1C1=CCN=CC1. The Labute approximate surface area is 87.0 Å². The zero-order chi connectivity index (χ0) is 10.7. The van der Waals surface area contributed by atoms with Crippen molar-refractivity contribution in [2.75, 3.05) is 6.54 Å². The van der Waals surface area contributed by atoms with Gasteiger partial charge in [0.15, 0.2) is 0 Å². The molecular weight excluding hydrogens is 192 g/mol. The number of aliphatic imine (C=N–C) groups is 1. The Hall–Kier alpha value is -1.97. The van der Waals surface area contributed by atoms with Crippen LogP contribution in [0.4, 0.5) is 0 Å². The van der Waals surface area contributed by atoms with Gasteiger partial charge in [-0.05, 0) is 17.7 Å². The topological polar surface area (TPSA) is 62.5 Å². The molecule has 0 aromatic carbocycles. The fourth-order valence-corrected chi connectivity index (χ4v) is 1.51. The van der Waals surface area contributed by atoms with E-state index in [4.69, 9.17) is 5.11 Å². The molecule has 15 heavy (non-hydrogen) atoms. The number of hydrogen-bond acceptors (Lipinski definition) is 3. The summed E-state index contributed by atoms with van der Waals surface area (Å²) in [5.41, 5.74) is 1.73. The quantitative estimate of drug-likeness (QED) is 0.792. The fraction of sp³-hybridized carbons (Fsp3) is 0.182. The third-order valence-electron chi connectivity index (χ3n) is 2.23. The summed E-state index contributed by atoms with van der Waals surface area (Å²) in [6.07, 6.45) is 5.95. The van der Waals surface area contributed by atoms with E-state index in [1.54, 1.807) is 24.5 Å². The lowest BCUT2D eigenvalue weighted by Crippen LogP contribution is -2.06. The van der Waals surface area contributed by atoms with Gasteiger partial charge in [0.1, 0.15) is 0 Å². The van der Waals surface area contributed by atoms with Crippen molar-refractivity contribution in [3.63, 3.8) is 0 Å². The summed E-state index contributed by atoms with van der Waals surface area (Å²) < 4.78 is 0. The number of aromatic nitrogens is 1. The predicted molar refractivity (Wildman–Crippen MR) is 57.1 cm³/mol. The minimum Gasteiger partial charge on any atom is -0.478 e. The molecule has 0 radical (unpaired) electrons. The zero-order valence-corrected chi connectivity index (χ0v) is 8.05. The Morgan fingerprint density at radius 2 is 2.33 bits per heavy atom. The van der Waals surface area contributed by atoms with Crippen LogP contribution in [0.15, 0.2) is 29.4 Å². The van der Waals surface area contributed by atoms with Crippen LogP contribution in [0.1, 0.15) is 22.5 Å². The van der Waals surface area contributed by atoms with Gasteiger partial charge in [0.25, 0.3) is 0 Å². The second-order valence-corrected chi connectivity index (χ2v) is 3.19. The first kappa shape index (κ1) is 9.58. The van der Waals surface area contributed by atoms with Crippen LogP contribution in [-0.4, -0.2) is 28.8 Å². The molecule has 0 saturated heterocycles. The van der Waals surface area contributed by atoms with Gasteiger partial charge in [-0.1, -0.05) is 6.08 Å². The van der Waals surface area contributed by atoms with Crippen molar-refractivity contribution in [2.24, 2.45) is 4.99 Å². The molecule has 1 aromatic heterocycles. The largest absolute Gasteiger partial charge is 0.478 e. The number of pyridine rings is 1. The van der Waals surface area contributed by atoms with E-state index in [0.717, 1.165) is 5.57 Å². The van der Waals surface area contributed by atoms with Crippen LogP contribution in [0, 0.1) is 0 Å². The smallest absolute Gasteiger partial charge is 0.337 e. The minimum absolute atomic E-state index is 0.249. The average molecular weight is 202 g/mol. The van der Waals surface area contributed by atoms with Crippen LogP contribution in [-0.2, 0) is 0 Å². The van der Waals surface area contributed by atoms with Crippen molar-refractivity contribution in [3.8, 4) is 0 Å². The second-order valence-electron chi connectivity index (χ2n) is 3.19. The molecule has 2 heterocycles. The first-order valence-electron chi connectivity index (χ1n) is 4.65. The number of allylic oxidation sites excluding steroid dienone is 1. The molecule has 0 spiro atoms. The maximum absolute atomic E-state index is 11.0. The Morgan fingerprint density at radius 1 is 1.47 bits per heavy atom. The van der Waals surface area contributed by atoms with Gasteiger partial charge in [0.05, 0.1) is 17.8 Å². The van der Waals surface area contributed by atoms with Crippen molar-refractivity contribution in [3.05, 3.63) is 35.7 Å². The molecule has 0 unspecified atom stereocenters. The molecule has 0 aliphatic carbocycles. The highest BCUT2D eigenvalue weighted by Gasteiger charge is 2.14. The number of hydrogen-bond donors (Lipinski definition) is 1. The minimum atomic E-state index is -0.943. The monoisotopic (exact) mass is 202 g/mol. The first-order valence-corrected chi connectivity index (χ1v) is 4.65. The fourth-order valence-electron chi connectivity index (χ4n) is 1.51. The van der Waals surface area contributed by atoms with Gasteiger partial charge in [-0.25, -0.2) is 4.79 Å². The molecule has 2 rings (SSSR count). The van der Waals surface area contributed by atoms with Gasteiger partial charge in [-0.15, -0.1) is 0 Å². The molecule has 1 aromatic rings. The Balaban J connectivity index is 2.43. The Kier molecular flexibility index (Phi) is 2.58. The maximum Gasteiger partial charge on any atom is 0.337 e. The van der Waals surface area contributed by atoms with Crippen LogP contribution >= 0.6 is 0 Å². The summed E-state index contributed by atoms with van der Waals surface area (Å²) in [5, 5.41) is 9.00. The molecule has 0 amide bonds. The molecule has 0 saturated carbocycles. The molecule has 0 bridgehead atoms. The maximum atomic E-state index is 11.0. The van der Waals surface area contributed by atoms with Crippen LogP contribution in [0.5, 0.6) is 0 Å². The molecule has 1 aliphatic rings. The second kappa shape index (κ2) is 4.04. The van der Waals surface area contributed by atoms with Gasteiger partial charge < -0.3 is 5.11 Å². The van der Waals surface area contributed by atoms with E-state index in [0.29, 0.717) is 18.7 Å². The number of dihydropyridines is 1. The molecule has 4 heteroatoms. The molecule has 1 aliphatic heterocycles. The summed E-state index contributed by atoms with van der Waals surface area (Å²) >= 11 is 0. The third kappa shape index (κ3) is 1.93. The average Bonchev–Trinajstić information content (AvgIpc) is 2.30. The predicted octanol–water partition coefficient (Wildman–Crippen LogP) is 1.64. The van der Waals surface area contributed by atoms with Gasteiger partial charge in [-0.3, -0.25) is 9.98 Å². The van der Waals surface area contributed by atoms with E-state index in [2.05, 4.69) is 9.98 Å². The number of aromatic carboxylic acids is 1. The van der Waals surface area contributed by atoms with Gasteiger partial charge in [0, 0.05) is 18.8 Å². The van der Waals surface area contributed by atoms with E-state index >= 15 is 0 Å². The molecule has 4 nitrogen and oxygen atoms in total. The number of carboxylic acids is 1. The highest BCUT2D eigenvalue weighted by atomic mass is 16.4. The van der Waals surface area contributed by atoms with Crippen molar-refractivity contribution in [2.45, 2.75) is 6.42 Å². The number of rotatable bonds is 2. The van der Waals surface area contributed by atoms with Crippen LogP contribution in [0.25, 0.3) is 5.57 Å². The Morgan fingerprint density at radius 3 is 3.00 bits per heavy atom. The lowest BCUT2D eigenvalue weighted by molar-refractivity contribution is 0.0696. The molecule has 76 valence electrons. The highest BCUT2D eigenvalue weighted by molar-refractivity contribution is 5.95. The van der Waals surface area contributed by atoms with Crippen molar-refractivity contribution in [1.82, 2.24) is 4.98 Å². The number of carboxylic acid groups (broad SMARTS) is 1. The third-order valence-corrected chi connectivity index (χ3v) is 2.23. The normalized spacial score (nSPS) is 14.8. The van der Waals surface area contributed by atoms with E-state index in [1.807, 2.05) is 6.08 Å². The van der Waals surface area contributed by atoms with E-state index in [-0.39, 0.29) is 5.56 Å². The molecule has 0 fully saturated rings. The van der Waals surface area contributed by atoms with Crippen molar-refractivity contribution in [1.29, 1.82) is 0 Å². The molecular formula is C11H10N2O2. The summed E-state index contributed by atoms with van der Waals surface area (Å²) in [5.74, 6) is -0.943. The standard InChI is InChI=1S/C11H10N2O2/c14-11(15)9-2-1-5-13-10(9)8-3-6-12-7-4-8/h1-3,5,7H,4,6H2,(H,14,15).